The molecular weight excluding hydrogens is 604 g/mol. The standard InChI is InChI=1S/C24H17Br3N2O3/c1-14-2-4-15(5-3-14)13-31-21-7-6-16(8-19(21)26)12-28-29-24(30)22-10-17-9-18(25)11-20(27)23(17)32-22/h2-12H,13H2,1H3,(H,29,30)/b28-12-. The lowest BCUT2D eigenvalue weighted by atomic mass is 10.2. The van der Waals surface area contributed by atoms with Crippen molar-refractivity contribution in [1.82, 2.24) is 5.43 Å². The fourth-order valence-electron chi connectivity index (χ4n) is 2.97. The topological polar surface area (TPSA) is 63.8 Å². The van der Waals surface area contributed by atoms with Gasteiger partial charge in [-0.05, 0) is 86.3 Å². The van der Waals surface area contributed by atoms with E-state index in [1.54, 1.807) is 12.3 Å². The molecule has 0 unspecified atom stereocenters. The van der Waals surface area contributed by atoms with Crippen molar-refractivity contribution in [2.45, 2.75) is 13.5 Å². The van der Waals surface area contributed by atoms with Crippen LogP contribution < -0.4 is 10.2 Å². The molecule has 0 bridgehead atoms. The lowest BCUT2D eigenvalue weighted by Crippen LogP contribution is -2.16. The average molecular weight is 621 g/mol. The number of hydrazone groups is 1. The van der Waals surface area contributed by atoms with E-state index in [4.69, 9.17) is 9.15 Å². The van der Waals surface area contributed by atoms with Crippen molar-refractivity contribution >= 4 is 70.9 Å². The number of rotatable bonds is 6. The number of benzene rings is 3. The number of carbonyl (C=O) groups is 1. The highest BCUT2D eigenvalue weighted by Crippen LogP contribution is 2.31. The molecule has 1 amide bonds. The summed E-state index contributed by atoms with van der Waals surface area (Å²) in [7, 11) is 0. The maximum absolute atomic E-state index is 12.4. The second-order valence-corrected chi connectivity index (χ2v) is 9.70. The Morgan fingerprint density at radius 2 is 1.81 bits per heavy atom. The molecule has 0 radical (unpaired) electrons. The van der Waals surface area contributed by atoms with E-state index in [2.05, 4.69) is 77.4 Å². The molecule has 0 aliphatic rings. The van der Waals surface area contributed by atoms with Gasteiger partial charge in [-0.25, -0.2) is 5.43 Å². The van der Waals surface area contributed by atoms with Crippen LogP contribution in [0.15, 0.2) is 83.6 Å². The van der Waals surface area contributed by atoms with Crippen LogP contribution >= 0.6 is 47.8 Å². The Morgan fingerprint density at radius 1 is 1.03 bits per heavy atom. The summed E-state index contributed by atoms with van der Waals surface area (Å²) in [6.45, 7) is 2.53. The van der Waals surface area contributed by atoms with Crippen LogP contribution in [0.2, 0.25) is 0 Å². The van der Waals surface area contributed by atoms with Crippen molar-refractivity contribution in [3.05, 3.63) is 96.5 Å². The van der Waals surface area contributed by atoms with Gasteiger partial charge in [0, 0.05) is 9.86 Å². The number of hydrogen-bond acceptors (Lipinski definition) is 4. The Kier molecular flexibility index (Phi) is 7.13. The monoisotopic (exact) mass is 618 g/mol. The van der Waals surface area contributed by atoms with Crippen LogP contribution in [0.1, 0.15) is 27.2 Å². The third-order valence-corrected chi connectivity index (χ3v) is 6.28. The number of furan rings is 1. The number of halogens is 3. The van der Waals surface area contributed by atoms with Crippen molar-refractivity contribution in [2.24, 2.45) is 5.10 Å². The zero-order valence-corrected chi connectivity index (χ0v) is 21.6. The van der Waals surface area contributed by atoms with Crippen molar-refractivity contribution in [3.63, 3.8) is 0 Å². The van der Waals surface area contributed by atoms with Gasteiger partial charge in [0.15, 0.2) is 5.76 Å². The zero-order chi connectivity index (χ0) is 22.7. The Morgan fingerprint density at radius 3 is 2.56 bits per heavy atom. The van der Waals surface area contributed by atoms with E-state index in [-0.39, 0.29) is 5.76 Å². The Labute approximate surface area is 210 Å². The van der Waals surface area contributed by atoms with Crippen LogP contribution in [0.3, 0.4) is 0 Å². The van der Waals surface area contributed by atoms with Gasteiger partial charge in [0.05, 0.1) is 15.2 Å². The van der Waals surface area contributed by atoms with E-state index in [1.165, 1.54) is 5.56 Å². The summed E-state index contributed by atoms with van der Waals surface area (Å²) in [5.41, 5.74) is 6.21. The summed E-state index contributed by atoms with van der Waals surface area (Å²) in [5.74, 6) is 0.473. The average Bonchev–Trinajstić information content (AvgIpc) is 3.19. The van der Waals surface area contributed by atoms with Crippen LogP contribution in [-0.4, -0.2) is 12.1 Å². The largest absolute Gasteiger partial charge is 0.488 e. The van der Waals surface area contributed by atoms with Crippen molar-refractivity contribution < 1.29 is 13.9 Å². The van der Waals surface area contributed by atoms with E-state index in [0.717, 1.165) is 35.7 Å². The first-order valence-corrected chi connectivity index (χ1v) is 12.0. The molecule has 0 aliphatic carbocycles. The predicted molar refractivity (Wildman–Crippen MR) is 136 cm³/mol. The number of aryl methyl sites for hydroxylation is 1. The number of nitrogens with zero attached hydrogens (tertiary/aromatic N) is 1. The number of amides is 1. The first kappa shape index (κ1) is 22.8. The predicted octanol–water partition coefficient (Wildman–Crippen LogP) is 7.37. The van der Waals surface area contributed by atoms with Gasteiger partial charge in [-0.15, -0.1) is 0 Å². The van der Waals surface area contributed by atoms with Crippen molar-refractivity contribution in [2.75, 3.05) is 0 Å². The van der Waals surface area contributed by atoms with E-state index in [0.29, 0.717) is 12.2 Å². The number of carbonyl (C=O) groups excluding carboxylic acids is 1. The van der Waals surface area contributed by atoms with Gasteiger partial charge in [0.1, 0.15) is 17.9 Å². The lowest BCUT2D eigenvalue weighted by Gasteiger charge is -2.09. The fraction of sp³-hybridized carbons (Fsp3) is 0.0833. The van der Waals surface area contributed by atoms with Gasteiger partial charge in [-0.3, -0.25) is 4.79 Å². The Balaban J connectivity index is 1.38. The van der Waals surface area contributed by atoms with E-state index >= 15 is 0 Å². The van der Waals surface area contributed by atoms with Gasteiger partial charge in [0.2, 0.25) is 0 Å². The van der Waals surface area contributed by atoms with Gasteiger partial charge in [-0.1, -0.05) is 45.8 Å². The SMILES string of the molecule is Cc1ccc(COc2ccc(/C=N\NC(=O)c3cc4cc(Br)cc(Br)c4o3)cc2Br)cc1. The molecule has 3 aromatic carbocycles. The summed E-state index contributed by atoms with van der Waals surface area (Å²) in [6, 6.07) is 19.2. The van der Waals surface area contributed by atoms with Gasteiger partial charge < -0.3 is 9.15 Å². The first-order chi connectivity index (χ1) is 15.4. The van der Waals surface area contributed by atoms with Crippen molar-refractivity contribution in [3.8, 4) is 5.75 Å². The molecule has 1 N–H and O–H groups in total. The Hall–Kier alpha value is -2.42. The minimum absolute atomic E-state index is 0.178. The molecule has 0 saturated heterocycles. The van der Waals surface area contributed by atoms with Crippen LogP contribution in [0.25, 0.3) is 11.0 Å². The lowest BCUT2D eigenvalue weighted by molar-refractivity contribution is 0.0929. The highest BCUT2D eigenvalue weighted by molar-refractivity contribution is 9.11. The third kappa shape index (κ3) is 5.49. The highest BCUT2D eigenvalue weighted by Gasteiger charge is 2.14. The molecule has 0 atom stereocenters. The van der Waals surface area contributed by atoms with E-state index < -0.39 is 5.91 Å². The van der Waals surface area contributed by atoms with Crippen LogP contribution in [-0.2, 0) is 6.61 Å². The molecule has 5 nitrogen and oxygen atoms in total. The fourth-order valence-corrected chi connectivity index (χ4v) is 4.82. The molecular formula is C24H17Br3N2O3. The van der Waals surface area contributed by atoms with Gasteiger partial charge in [-0.2, -0.15) is 5.10 Å². The van der Waals surface area contributed by atoms with Crippen LogP contribution in [0.5, 0.6) is 5.75 Å². The van der Waals surface area contributed by atoms with E-state index in [1.807, 2.05) is 42.5 Å². The number of ether oxygens (including phenoxy) is 1. The summed E-state index contributed by atoms with van der Waals surface area (Å²) >= 11 is 10.4. The van der Waals surface area contributed by atoms with Gasteiger partial charge >= 0.3 is 5.91 Å². The summed E-state index contributed by atoms with van der Waals surface area (Å²) in [5, 5.41) is 4.84. The summed E-state index contributed by atoms with van der Waals surface area (Å²) < 4.78 is 14.0. The highest BCUT2D eigenvalue weighted by atomic mass is 79.9. The minimum Gasteiger partial charge on any atom is -0.488 e. The van der Waals surface area contributed by atoms with Crippen LogP contribution in [0, 0.1) is 6.92 Å². The molecule has 1 heterocycles. The molecule has 4 aromatic rings. The second kappa shape index (κ2) is 10.0. The molecule has 0 fully saturated rings. The molecule has 32 heavy (non-hydrogen) atoms. The smallest absolute Gasteiger partial charge is 0.307 e. The Bertz CT molecular complexity index is 1310. The number of fused-ring (bicyclic) bond motifs is 1. The molecule has 0 spiro atoms. The number of hydrogen-bond donors (Lipinski definition) is 1. The molecule has 1 aromatic heterocycles. The molecule has 0 saturated carbocycles. The normalized spacial score (nSPS) is 11.2. The summed E-state index contributed by atoms with van der Waals surface area (Å²) in [4.78, 5) is 12.4. The first-order valence-electron chi connectivity index (χ1n) is 9.59. The summed E-state index contributed by atoms with van der Waals surface area (Å²) in [6.07, 6.45) is 1.56. The quantitative estimate of drug-likeness (QED) is 0.181. The maximum atomic E-state index is 12.4. The molecule has 4 rings (SSSR count). The van der Waals surface area contributed by atoms with E-state index in [9.17, 15) is 4.79 Å². The molecule has 0 aliphatic heterocycles. The van der Waals surface area contributed by atoms with Crippen LogP contribution in [0.4, 0.5) is 0 Å². The molecule has 162 valence electrons. The minimum atomic E-state index is -0.433. The zero-order valence-electron chi connectivity index (χ0n) is 16.9. The number of nitrogens with one attached hydrogen (secondary N) is 1. The van der Waals surface area contributed by atoms with Gasteiger partial charge in [0.25, 0.3) is 0 Å². The maximum Gasteiger partial charge on any atom is 0.307 e. The van der Waals surface area contributed by atoms with Crippen molar-refractivity contribution in [1.29, 1.82) is 0 Å². The molecule has 8 heteroatoms. The third-order valence-electron chi connectivity index (χ3n) is 4.61. The second-order valence-electron chi connectivity index (χ2n) is 7.08.